The molecule has 0 aliphatic carbocycles. The summed E-state index contributed by atoms with van der Waals surface area (Å²) in [4.78, 5) is 12.0. The Balaban J connectivity index is 1.91. The highest BCUT2D eigenvalue weighted by atomic mass is 16.5. The van der Waals surface area contributed by atoms with Crippen molar-refractivity contribution in [1.29, 1.82) is 0 Å². The lowest BCUT2D eigenvalue weighted by Gasteiger charge is -2.22. The number of benzene rings is 2. The predicted octanol–water partition coefficient (Wildman–Crippen LogP) is 3.73. The molecule has 3 nitrogen and oxygen atoms in total. The van der Waals surface area contributed by atoms with Crippen LogP contribution in [0.4, 0.5) is 5.69 Å². The smallest absolute Gasteiger partial charge is 0.338 e. The standard InChI is InChI=1S/C17H19NO2/c1-13(18-16-11-7-4-8-12-16)14(2)20-17(19)15-9-5-3-6-10-15/h3-14,18H,1-2H3. The van der Waals surface area contributed by atoms with Gasteiger partial charge in [0.25, 0.3) is 0 Å². The van der Waals surface area contributed by atoms with Crippen LogP contribution in [0.15, 0.2) is 60.7 Å². The Morgan fingerprint density at radius 2 is 1.50 bits per heavy atom. The lowest BCUT2D eigenvalue weighted by atomic mass is 10.2. The molecule has 2 atom stereocenters. The number of ether oxygens (including phenoxy) is 1. The van der Waals surface area contributed by atoms with Crippen molar-refractivity contribution in [3.05, 3.63) is 66.2 Å². The summed E-state index contributed by atoms with van der Waals surface area (Å²) in [5, 5.41) is 3.32. The molecule has 0 spiro atoms. The van der Waals surface area contributed by atoms with Gasteiger partial charge >= 0.3 is 5.97 Å². The van der Waals surface area contributed by atoms with Crippen molar-refractivity contribution in [2.24, 2.45) is 0 Å². The highest BCUT2D eigenvalue weighted by Gasteiger charge is 2.17. The average molecular weight is 269 g/mol. The molecule has 0 saturated carbocycles. The van der Waals surface area contributed by atoms with E-state index in [0.29, 0.717) is 5.56 Å². The minimum Gasteiger partial charge on any atom is -0.457 e. The quantitative estimate of drug-likeness (QED) is 0.840. The molecule has 0 fully saturated rings. The van der Waals surface area contributed by atoms with E-state index in [1.54, 1.807) is 12.1 Å². The van der Waals surface area contributed by atoms with E-state index in [9.17, 15) is 4.79 Å². The topological polar surface area (TPSA) is 38.3 Å². The van der Waals surface area contributed by atoms with Gasteiger partial charge in [0.05, 0.1) is 11.6 Å². The predicted molar refractivity (Wildman–Crippen MR) is 80.8 cm³/mol. The summed E-state index contributed by atoms with van der Waals surface area (Å²) in [6.07, 6.45) is -0.220. The second-order valence-corrected chi connectivity index (χ2v) is 4.78. The van der Waals surface area contributed by atoms with E-state index >= 15 is 0 Å². The lowest BCUT2D eigenvalue weighted by Crippen LogP contribution is -2.32. The van der Waals surface area contributed by atoms with Crippen LogP contribution in [0, 0.1) is 0 Å². The first kappa shape index (κ1) is 14.1. The second kappa shape index (κ2) is 6.75. The zero-order valence-electron chi connectivity index (χ0n) is 11.7. The fourth-order valence-corrected chi connectivity index (χ4v) is 1.83. The minimum atomic E-state index is -0.292. The number of hydrogen-bond donors (Lipinski definition) is 1. The molecule has 0 aliphatic rings. The third-order valence-electron chi connectivity index (χ3n) is 3.17. The Morgan fingerprint density at radius 3 is 2.10 bits per heavy atom. The first-order valence-electron chi connectivity index (χ1n) is 6.74. The van der Waals surface area contributed by atoms with E-state index in [0.717, 1.165) is 5.69 Å². The maximum atomic E-state index is 12.0. The number of carbonyl (C=O) groups excluding carboxylic acids is 1. The Bertz CT molecular complexity index is 539. The van der Waals surface area contributed by atoms with E-state index in [1.165, 1.54) is 0 Å². The van der Waals surface area contributed by atoms with Crippen molar-refractivity contribution < 1.29 is 9.53 Å². The highest BCUT2D eigenvalue weighted by Crippen LogP contribution is 2.12. The van der Waals surface area contributed by atoms with Gasteiger partial charge in [-0.2, -0.15) is 0 Å². The number of esters is 1. The van der Waals surface area contributed by atoms with Crippen molar-refractivity contribution in [1.82, 2.24) is 0 Å². The molecule has 0 heterocycles. The van der Waals surface area contributed by atoms with Crippen molar-refractivity contribution in [2.75, 3.05) is 5.32 Å². The molecule has 3 heteroatoms. The zero-order chi connectivity index (χ0) is 14.4. The number of nitrogens with one attached hydrogen (secondary N) is 1. The fraction of sp³-hybridized carbons (Fsp3) is 0.235. The number of rotatable bonds is 5. The molecule has 0 amide bonds. The number of para-hydroxylation sites is 1. The minimum absolute atomic E-state index is 0.0325. The average Bonchev–Trinajstić information content (AvgIpc) is 2.49. The first-order chi connectivity index (χ1) is 9.66. The van der Waals surface area contributed by atoms with Gasteiger partial charge in [0, 0.05) is 5.69 Å². The molecule has 2 aromatic rings. The Labute approximate surface area is 119 Å². The van der Waals surface area contributed by atoms with E-state index in [4.69, 9.17) is 4.74 Å². The van der Waals surface area contributed by atoms with Crippen molar-refractivity contribution in [3.63, 3.8) is 0 Å². The molecule has 0 saturated heterocycles. The van der Waals surface area contributed by atoms with Gasteiger partial charge in [0.15, 0.2) is 0 Å². The van der Waals surface area contributed by atoms with E-state index in [2.05, 4.69) is 5.32 Å². The summed E-state index contributed by atoms with van der Waals surface area (Å²) in [7, 11) is 0. The molecule has 0 bridgehead atoms. The molecule has 2 aromatic carbocycles. The van der Waals surface area contributed by atoms with Gasteiger partial charge in [-0.15, -0.1) is 0 Å². The van der Waals surface area contributed by atoms with Crippen LogP contribution in [-0.4, -0.2) is 18.1 Å². The maximum Gasteiger partial charge on any atom is 0.338 e. The summed E-state index contributed by atoms with van der Waals surface area (Å²) in [5.41, 5.74) is 1.59. The summed E-state index contributed by atoms with van der Waals surface area (Å²) in [6, 6.07) is 18.9. The van der Waals surface area contributed by atoms with Gasteiger partial charge < -0.3 is 10.1 Å². The Morgan fingerprint density at radius 1 is 0.950 bits per heavy atom. The molecular formula is C17H19NO2. The summed E-state index contributed by atoms with van der Waals surface area (Å²) < 4.78 is 5.47. The summed E-state index contributed by atoms with van der Waals surface area (Å²) in [5.74, 6) is -0.292. The SMILES string of the molecule is CC(Nc1ccccc1)C(C)OC(=O)c1ccccc1. The number of hydrogen-bond acceptors (Lipinski definition) is 3. The monoisotopic (exact) mass is 269 g/mol. The van der Waals surface area contributed by atoms with Crippen LogP contribution in [0.2, 0.25) is 0 Å². The molecule has 20 heavy (non-hydrogen) atoms. The highest BCUT2D eigenvalue weighted by molar-refractivity contribution is 5.89. The molecule has 104 valence electrons. The van der Waals surface area contributed by atoms with E-state index in [-0.39, 0.29) is 18.1 Å². The largest absolute Gasteiger partial charge is 0.457 e. The summed E-state index contributed by atoms with van der Waals surface area (Å²) in [6.45, 7) is 3.89. The summed E-state index contributed by atoms with van der Waals surface area (Å²) >= 11 is 0. The van der Waals surface area contributed by atoms with Crippen LogP contribution >= 0.6 is 0 Å². The van der Waals surface area contributed by atoms with Crippen molar-refractivity contribution in [3.8, 4) is 0 Å². The molecule has 1 N–H and O–H groups in total. The molecule has 0 aliphatic heterocycles. The van der Waals surface area contributed by atoms with Gasteiger partial charge in [0.2, 0.25) is 0 Å². The second-order valence-electron chi connectivity index (χ2n) is 4.78. The normalized spacial score (nSPS) is 13.3. The van der Waals surface area contributed by atoms with Crippen LogP contribution < -0.4 is 5.32 Å². The molecule has 0 radical (unpaired) electrons. The third-order valence-corrected chi connectivity index (χ3v) is 3.17. The van der Waals surface area contributed by atoms with Gasteiger partial charge in [-0.25, -0.2) is 4.79 Å². The molecular weight excluding hydrogens is 250 g/mol. The van der Waals surface area contributed by atoms with Gasteiger partial charge in [-0.3, -0.25) is 0 Å². The molecule has 2 rings (SSSR count). The zero-order valence-corrected chi connectivity index (χ0v) is 11.7. The lowest BCUT2D eigenvalue weighted by molar-refractivity contribution is 0.0312. The maximum absolute atomic E-state index is 12.0. The number of anilines is 1. The van der Waals surface area contributed by atoms with Crippen LogP contribution in [0.3, 0.4) is 0 Å². The molecule has 0 aromatic heterocycles. The van der Waals surface area contributed by atoms with Crippen LogP contribution in [0.1, 0.15) is 24.2 Å². The Hall–Kier alpha value is -2.29. The van der Waals surface area contributed by atoms with Gasteiger partial charge in [0.1, 0.15) is 6.10 Å². The van der Waals surface area contributed by atoms with E-state index in [1.807, 2.05) is 62.4 Å². The van der Waals surface area contributed by atoms with E-state index < -0.39 is 0 Å². The van der Waals surface area contributed by atoms with Crippen LogP contribution in [-0.2, 0) is 4.74 Å². The third kappa shape index (κ3) is 3.85. The van der Waals surface area contributed by atoms with Gasteiger partial charge in [-0.05, 0) is 38.1 Å². The van der Waals surface area contributed by atoms with Crippen molar-refractivity contribution in [2.45, 2.75) is 26.0 Å². The van der Waals surface area contributed by atoms with Crippen LogP contribution in [0.25, 0.3) is 0 Å². The van der Waals surface area contributed by atoms with Gasteiger partial charge in [-0.1, -0.05) is 36.4 Å². The fourth-order valence-electron chi connectivity index (χ4n) is 1.83. The molecule has 2 unspecified atom stereocenters. The number of carbonyl (C=O) groups is 1. The van der Waals surface area contributed by atoms with Crippen molar-refractivity contribution >= 4 is 11.7 Å². The van der Waals surface area contributed by atoms with Crippen LogP contribution in [0.5, 0.6) is 0 Å². The first-order valence-corrected chi connectivity index (χ1v) is 6.74. The Kier molecular flexibility index (Phi) is 4.77.